The normalized spacial score (nSPS) is 11.9. The molecule has 0 amide bonds. The maximum absolute atomic E-state index is 2.54. The van der Waals surface area contributed by atoms with Crippen molar-refractivity contribution in [1.29, 1.82) is 0 Å². The number of aromatic nitrogens is 2. The van der Waals surface area contributed by atoms with E-state index in [1.54, 1.807) is 0 Å². The third-order valence-corrected chi connectivity index (χ3v) is 15.9. The molecule has 0 N–H and O–H groups in total. The quantitative estimate of drug-likeness (QED) is 0.143. The maximum Gasteiger partial charge on any atom is 0.0621 e. The number of benzene rings is 12. The first-order valence-electron chi connectivity index (χ1n) is 26.2. The summed E-state index contributed by atoms with van der Waals surface area (Å²) in [6, 6.07) is 102. The first-order valence-corrected chi connectivity index (χ1v) is 26.2. The summed E-state index contributed by atoms with van der Waals surface area (Å²) in [6.45, 7) is 0. The highest BCUT2D eigenvalue weighted by Crippen LogP contribution is 2.50. The molecule has 0 aliphatic rings. The van der Waals surface area contributed by atoms with Crippen LogP contribution in [0.25, 0.3) is 110 Å². The lowest BCUT2D eigenvalue weighted by Gasteiger charge is -2.27. The van der Waals surface area contributed by atoms with Gasteiger partial charge in [0.1, 0.15) is 0 Å². The third-order valence-electron chi connectivity index (χ3n) is 15.9. The van der Waals surface area contributed by atoms with E-state index < -0.39 is 0 Å². The van der Waals surface area contributed by atoms with Gasteiger partial charge in [0.05, 0.1) is 44.5 Å². The zero-order valence-corrected chi connectivity index (χ0v) is 41.3. The van der Waals surface area contributed by atoms with Crippen LogP contribution in [0.3, 0.4) is 0 Å². The largest absolute Gasteiger partial charge is 0.310 e. The fraction of sp³-hybridized carbons (Fsp3) is 0. The molecule has 76 heavy (non-hydrogen) atoms. The summed E-state index contributed by atoms with van der Waals surface area (Å²) in [4.78, 5) is 4.89. The van der Waals surface area contributed by atoms with Crippen molar-refractivity contribution in [2.45, 2.75) is 0 Å². The molecule has 0 saturated heterocycles. The molecule has 16 aromatic rings. The smallest absolute Gasteiger partial charge is 0.0621 e. The lowest BCUT2D eigenvalue weighted by Crippen LogP contribution is -2.10. The summed E-state index contributed by atoms with van der Waals surface area (Å²) in [7, 11) is 0. The van der Waals surface area contributed by atoms with Gasteiger partial charge in [-0.15, -0.1) is 0 Å². The van der Waals surface area contributed by atoms with Crippen LogP contribution in [0.4, 0.5) is 34.1 Å². The van der Waals surface area contributed by atoms with Crippen LogP contribution < -0.4 is 9.80 Å². The van der Waals surface area contributed by atoms with Crippen molar-refractivity contribution in [2.75, 3.05) is 9.80 Å². The number of hydrogen-bond donors (Lipinski definition) is 0. The van der Waals surface area contributed by atoms with E-state index in [1.165, 1.54) is 110 Å². The highest BCUT2D eigenvalue weighted by molar-refractivity contribution is 6.31. The number of hydrogen-bond acceptors (Lipinski definition) is 2. The first kappa shape index (κ1) is 42.4. The van der Waals surface area contributed by atoms with Gasteiger partial charge in [0.25, 0.3) is 0 Å². The minimum absolute atomic E-state index is 1.10. The second-order valence-corrected chi connectivity index (χ2v) is 20.1. The van der Waals surface area contributed by atoms with Crippen LogP contribution in [0, 0.1) is 0 Å². The Morgan fingerprint density at radius 2 is 0.553 bits per heavy atom. The van der Waals surface area contributed by atoms with E-state index in [0.717, 1.165) is 34.1 Å². The van der Waals surface area contributed by atoms with Gasteiger partial charge < -0.3 is 18.6 Å². The molecule has 0 radical (unpaired) electrons. The molecule has 4 aromatic heterocycles. The maximum atomic E-state index is 2.54. The van der Waals surface area contributed by atoms with Gasteiger partial charge in [0.15, 0.2) is 0 Å². The number of anilines is 6. The van der Waals surface area contributed by atoms with E-state index in [4.69, 9.17) is 0 Å². The Kier molecular flexibility index (Phi) is 9.30. The Bertz CT molecular complexity index is 4850. The van der Waals surface area contributed by atoms with Crippen LogP contribution in [0.15, 0.2) is 279 Å². The molecular formula is C72H46N4. The van der Waals surface area contributed by atoms with Gasteiger partial charge in [0, 0.05) is 65.8 Å². The van der Waals surface area contributed by atoms with Crippen molar-refractivity contribution in [2.24, 2.45) is 0 Å². The van der Waals surface area contributed by atoms with Crippen LogP contribution >= 0.6 is 0 Å². The molecule has 0 atom stereocenters. The molecule has 0 aliphatic heterocycles. The predicted molar refractivity (Wildman–Crippen MR) is 321 cm³/mol. The predicted octanol–water partition coefficient (Wildman–Crippen LogP) is 19.9. The number of nitrogens with zero attached hydrogens (tertiary/aromatic N) is 4. The number of fused-ring (bicyclic) bond motifs is 12. The van der Waals surface area contributed by atoms with E-state index in [1.807, 2.05) is 0 Å². The average molecular weight is 967 g/mol. The topological polar surface area (TPSA) is 15.3 Å². The Morgan fingerprint density at radius 1 is 0.211 bits per heavy atom. The molecule has 0 bridgehead atoms. The van der Waals surface area contributed by atoms with Gasteiger partial charge in [0.2, 0.25) is 0 Å². The number of rotatable bonds is 9. The molecule has 0 aliphatic carbocycles. The van der Waals surface area contributed by atoms with Crippen molar-refractivity contribution in [3.8, 4) is 33.4 Å². The fourth-order valence-electron chi connectivity index (χ4n) is 12.7. The third kappa shape index (κ3) is 6.31. The highest BCUT2D eigenvalue weighted by Gasteiger charge is 2.27. The van der Waals surface area contributed by atoms with Crippen LogP contribution in [0.5, 0.6) is 0 Å². The standard InChI is InChI=1S/C72H46N4/c1-5-19-47(20-6-1)50-39-41-54(42-40-50)74(56-30-14-26-52(44-56)49-23-9-3-10-24-49)64-36-18-38-66-70(64)60-34-16-32-58-62-45-67-61(46-68(62)76(66)72(58)60)57-31-15-33-59-69-63(35-17-37-65(69)75(67)71(57)59)73(53-27-11-4-12-28-53)55-29-13-25-51(43-55)48-21-7-2-8-22-48/h1-46H. The Labute approximate surface area is 439 Å². The zero-order chi connectivity index (χ0) is 49.8. The Hall–Kier alpha value is -10.2. The fourth-order valence-corrected chi connectivity index (χ4v) is 12.7. The van der Waals surface area contributed by atoms with Gasteiger partial charge in [-0.25, -0.2) is 0 Å². The molecule has 4 heteroatoms. The molecule has 0 saturated carbocycles. The molecule has 4 nitrogen and oxygen atoms in total. The minimum Gasteiger partial charge on any atom is -0.310 e. The SMILES string of the molecule is c1ccc(-c2ccc(N(c3cccc(-c4ccccc4)c3)c3cccc4c3c3cccc5c6cc7c(cc6n4c53)c3cccc4c5c(N(c6ccccc6)c6cccc(-c8ccccc8)c6)cccc5n7c34)cc2)cc1. The van der Waals surface area contributed by atoms with Crippen molar-refractivity contribution >= 4 is 110 Å². The molecule has 12 aromatic carbocycles. The van der Waals surface area contributed by atoms with Gasteiger partial charge in [-0.2, -0.15) is 0 Å². The van der Waals surface area contributed by atoms with Crippen molar-refractivity contribution in [3.05, 3.63) is 279 Å². The van der Waals surface area contributed by atoms with Gasteiger partial charge >= 0.3 is 0 Å². The van der Waals surface area contributed by atoms with Gasteiger partial charge in [-0.1, -0.05) is 194 Å². The minimum atomic E-state index is 1.10. The Morgan fingerprint density at radius 3 is 1.01 bits per heavy atom. The van der Waals surface area contributed by atoms with E-state index >= 15 is 0 Å². The second-order valence-electron chi connectivity index (χ2n) is 20.1. The summed E-state index contributed by atoms with van der Waals surface area (Å²) < 4.78 is 5.08. The van der Waals surface area contributed by atoms with E-state index in [9.17, 15) is 0 Å². The molecular weight excluding hydrogens is 921 g/mol. The molecule has 0 unspecified atom stereocenters. The summed E-state index contributed by atoms with van der Waals surface area (Å²) in [5, 5.41) is 9.94. The second kappa shape index (κ2) is 16.7. The lowest BCUT2D eigenvalue weighted by molar-refractivity contribution is 1.29. The van der Waals surface area contributed by atoms with Crippen LogP contribution in [0.2, 0.25) is 0 Å². The Balaban J connectivity index is 0.911. The van der Waals surface area contributed by atoms with Crippen LogP contribution in [-0.4, -0.2) is 8.80 Å². The van der Waals surface area contributed by atoms with Crippen molar-refractivity contribution in [1.82, 2.24) is 8.80 Å². The molecule has 354 valence electrons. The average Bonchev–Trinajstić information content (AvgIpc) is 4.41. The van der Waals surface area contributed by atoms with Crippen LogP contribution in [0.1, 0.15) is 0 Å². The van der Waals surface area contributed by atoms with Crippen molar-refractivity contribution in [3.63, 3.8) is 0 Å². The van der Waals surface area contributed by atoms with E-state index in [2.05, 4.69) is 298 Å². The van der Waals surface area contributed by atoms with E-state index in [-0.39, 0.29) is 0 Å². The molecule has 4 heterocycles. The molecule has 0 fully saturated rings. The summed E-state index contributed by atoms with van der Waals surface area (Å²) >= 11 is 0. The monoisotopic (exact) mass is 966 g/mol. The molecule has 0 spiro atoms. The summed E-state index contributed by atoms with van der Waals surface area (Å²) in [6.07, 6.45) is 0. The lowest BCUT2D eigenvalue weighted by atomic mass is 10.0. The number of para-hydroxylation sites is 3. The molecule has 16 rings (SSSR count). The van der Waals surface area contributed by atoms with Crippen molar-refractivity contribution < 1.29 is 0 Å². The van der Waals surface area contributed by atoms with Gasteiger partial charge in [-0.05, 0) is 118 Å². The highest BCUT2D eigenvalue weighted by atomic mass is 15.2. The first-order chi connectivity index (χ1) is 37.7. The van der Waals surface area contributed by atoms with E-state index in [0.29, 0.717) is 0 Å². The zero-order valence-electron chi connectivity index (χ0n) is 41.3. The van der Waals surface area contributed by atoms with Crippen LogP contribution in [-0.2, 0) is 0 Å². The summed E-state index contributed by atoms with van der Waals surface area (Å²) in [5.74, 6) is 0. The van der Waals surface area contributed by atoms with Gasteiger partial charge in [-0.3, -0.25) is 0 Å². The summed E-state index contributed by atoms with van der Waals surface area (Å²) in [5.41, 5.74) is 21.2.